The molecule has 1 heterocycles. The lowest BCUT2D eigenvalue weighted by Crippen LogP contribution is -2.04. The zero-order valence-corrected chi connectivity index (χ0v) is 11.9. The van der Waals surface area contributed by atoms with Gasteiger partial charge in [0.15, 0.2) is 0 Å². The van der Waals surface area contributed by atoms with E-state index in [0.717, 1.165) is 12.0 Å². The number of aromatic carboxylic acids is 1. The second-order valence-corrected chi connectivity index (χ2v) is 4.73. The van der Waals surface area contributed by atoms with Gasteiger partial charge in [-0.15, -0.1) is 0 Å². The number of aromatic nitrogens is 1. The van der Waals surface area contributed by atoms with Gasteiger partial charge in [0.1, 0.15) is 11.3 Å². The minimum atomic E-state index is -1.06. The van der Waals surface area contributed by atoms with E-state index in [0.29, 0.717) is 16.3 Å². The Balaban J connectivity index is 2.40. The van der Waals surface area contributed by atoms with E-state index in [1.54, 1.807) is 31.2 Å². The van der Waals surface area contributed by atoms with E-state index in [2.05, 4.69) is 4.98 Å². The zero-order chi connectivity index (χ0) is 14.7. The van der Waals surface area contributed by atoms with Crippen LogP contribution in [0.2, 0.25) is 5.02 Å². The van der Waals surface area contributed by atoms with Gasteiger partial charge in [0.25, 0.3) is 0 Å². The third kappa shape index (κ3) is 2.91. The van der Waals surface area contributed by atoms with Crippen LogP contribution in [0.15, 0.2) is 30.5 Å². The first kappa shape index (κ1) is 14.3. The summed E-state index contributed by atoms with van der Waals surface area (Å²) in [5, 5.41) is 9.89. The predicted molar refractivity (Wildman–Crippen MR) is 76.8 cm³/mol. The Kier molecular flexibility index (Phi) is 4.25. The van der Waals surface area contributed by atoms with E-state index in [4.69, 9.17) is 16.3 Å². The van der Waals surface area contributed by atoms with Crippen molar-refractivity contribution in [2.24, 2.45) is 0 Å². The van der Waals surface area contributed by atoms with Crippen molar-refractivity contribution < 1.29 is 14.6 Å². The summed E-state index contributed by atoms with van der Waals surface area (Å²) in [5.74, 6) is -0.455. The van der Waals surface area contributed by atoms with Crippen molar-refractivity contribution in [3.05, 3.63) is 52.2 Å². The monoisotopic (exact) mass is 291 g/mol. The van der Waals surface area contributed by atoms with Crippen molar-refractivity contribution in [3.8, 4) is 11.6 Å². The Morgan fingerprint density at radius 3 is 2.80 bits per heavy atom. The molecular weight excluding hydrogens is 278 g/mol. The van der Waals surface area contributed by atoms with Crippen LogP contribution in [0.25, 0.3) is 0 Å². The SMILES string of the molecule is CCc1cc(Oc2nccc(C)c2C(=O)O)ccc1Cl. The number of hydrogen-bond acceptors (Lipinski definition) is 3. The molecule has 0 saturated heterocycles. The molecule has 1 N–H and O–H groups in total. The molecule has 1 aromatic heterocycles. The van der Waals surface area contributed by atoms with Crippen LogP contribution in [0.3, 0.4) is 0 Å². The topological polar surface area (TPSA) is 59.4 Å². The van der Waals surface area contributed by atoms with Gasteiger partial charge in [-0.2, -0.15) is 0 Å². The maximum atomic E-state index is 11.3. The molecule has 2 aromatic rings. The molecule has 0 bridgehead atoms. The summed E-state index contributed by atoms with van der Waals surface area (Å²) in [6.07, 6.45) is 2.29. The van der Waals surface area contributed by atoms with Gasteiger partial charge in [-0.05, 0) is 48.7 Å². The first-order chi connectivity index (χ1) is 9.52. The zero-order valence-electron chi connectivity index (χ0n) is 11.2. The number of ether oxygens (including phenoxy) is 1. The number of halogens is 1. The van der Waals surface area contributed by atoms with Crippen LogP contribution in [0, 0.1) is 6.92 Å². The molecule has 0 amide bonds. The lowest BCUT2D eigenvalue weighted by Gasteiger charge is -2.10. The van der Waals surface area contributed by atoms with Crippen molar-refractivity contribution >= 4 is 17.6 Å². The van der Waals surface area contributed by atoms with Crippen molar-refractivity contribution in [3.63, 3.8) is 0 Å². The van der Waals surface area contributed by atoms with E-state index in [1.807, 2.05) is 6.92 Å². The van der Waals surface area contributed by atoms with E-state index in [-0.39, 0.29) is 11.4 Å². The average molecular weight is 292 g/mol. The maximum absolute atomic E-state index is 11.3. The summed E-state index contributed by atoms with van der Waals surface area (Å²) in [6, 6.07) is 6.84. The number of benzene rings is 1. The van der Waals surface area contributed by atoms with Gasteiger partial charge < -0.3 is 9.84 Å². The van der Waals surface area contributed by atoms with Gasteiger partial charge >= 0.3 is 5.97 Å². The van der Waals surface area contributed by atoms with Gasteiger partial charge in [0.05, 0.1) is 0 Å². The van der Waals surface area contributed by atoms with Crippen molar-refractivity contribution in [1.29, 1.82) is 0 Å². The molecule has 0 spiro atoms. The van der Waals surface area contributed by atoms with Gasteiger partial charge in [-0.25, -0.2) is 9.78 Å². The molecule has 0 atom stereocenters. The van der Waals surface area contributed by atoms with Crippen LogP contribution in [-0.2, 0) is 6.42 Å². The second-order valence-electron chi connectivity index (χ2n) is 4.32. The molecule has 5 heteroatoms. The van der Waals surface area contributed by atoms with Gasteiger partial charge in [-0.3, -0.25) is 0 Å². The highest BCUT2D eigenvalue weighted by Gasteiger charge is 2.16. The molecule has 4 nitrogen and oxygen atoms in total. The molecule has 0 radical (unpaired) electrons. The number of hydrogen-bond donors (Lipinski definition) is 1. The fourth-order valence-corrected chi connectivity index (χ4v) is 2.12. The molecule has 2 rings (SSSR count). The summed E-state index contributed by atoms with van der Waals surface area (Å²) >= 11 is 6.04. The van der Waals surface area contributed by atoms with Crippen LogP contribution in [0.4, 0.5) is 0 Å². The number of rotatable bonds is 4. The summed E-state index contributed by atoms with van der Waals surface area (Å²) < 4.78 is 5.60. The highest BCUT2D eigenvalue weighted by Crippen LogP contribution is 2.28. The minimum absolute atomic E-state index is 0.0699. The molecule has 0 unspecified atom stereocenters. The smallest absolute Gasteiger partial charge is 0.341 e. The van der Waals surface area contributed by atoms with E-state index >= 15 is 0 Å². The van der Waals surface area contributed by atoms with Crippen LogP contribution in [-0.4, -0.2) is 16.1 Å². The number of aryl methyl sites for hydroxylation is 2. The molecule has 0 aliphatic carbocycles. The quantitative estimate of drug-likeness (QED) is 0.921. The van der Waals surface area contributed by atoms with Crippen LogP contribution in [0.1, 0.15) is 28.4 Å². The van der Waals surface area contributed by atoms with Crippen LogP contribution in [0.5, 0.6) is 11.6 Å². The fraction of sp³-hybridized carbons (Fsp3) is 0.200. The van der Waals surface area contributed by atoms with Crippen LogP contribution < -0.4 is 4.74 Å². The number of nitrogens with zero attached hydrogens (tertiary/aromatic N) is 1. The summed E-state index contributed by atoms with van der Waals surface area (Å²) in [4.78, 5) is 15.3. The largest absolute Gasteiger partial charge is 0.477 e. The normalized spacial score (nSPS) is 10.3. The lowest BCUT2D eigenvalue weighted by molar-refractivity contribution is 0.0692. The molecular formula is C15H14ClNO3. The van der Waals surface area contributed by atoms with E-state index in [9.17, 15) is 9.90 Å². The highest BCUT2D eigenvalue weighted by atomic mass is 35.5. The molecule has 104 valence electrons. The average Bonchev–Trinajstić information content (AvgIpc) is 2.40. The number of pyridine rings is 1. The van der Waals surface area contributed by atoms with Gasteiger partial charge in [-0.1, -0.05) is 18.5 Å². The van der Waals surface area contributed by atoms with Crippen LogP contribution >= 0.6 is 11.6 Å². The third-order valence-corrected chi connectivity index (χ3v) is 3.32. The van der Waals surface area contributed by atoms with Crippen molar-refractivity contribution in [2.45, 2.75) is 20.3 Å². The molecule has 1 aromatic carbocycles. The first-order valence-electron chi connectivity index (χ1n) is 6.18. The second kappa shape index (κ2) is 5.92. The number of carboxylic acid groups (broad SMARTS) is 1. The van der Waals surface area contributed by atoms with Crippen molar-refractivity contribution in [1.82, 2.24) is 4.98 Å². The Morgan fingerprint density at radius 2 is 2.15 bits per heavy atom. The maximum Gasteiger partial charge on any atom is 0.341 e. The number of carboxylic acids is 1. The van der Waals surface area contributed by atoms with E-state index in [1.165, 1.54) is 6.20 Å². The van der Waals surface area contributed by atoms with Crippen molar-refractivity contribution in [2.75, 3.05) is 0 Å². The lowest BCUT2D eigenvalue weighted by atomic mass is 10.1. The molecule has 0 fully saturated rings. The Labute approximate surface area is 122 Å². The predicted octanol–water partition coefficient (Wildman–Crippen LogP) is 4.10. The first-order valence-corrected chi connectivity index (χ1v) is 6.56. The fourth-order valence-electron chi connectivity index (χ4n) is 1.87. The third-order valence-electron chi connectivity index (χ3n) is 2.95. The molecule has 20 heavy (non-hydrogen) atoms. The number of carbonyl (C=O) groups is 1. The van der Waals surface area contributed by atoms with E-state index < -0.39 is 5.97 Å². The molecule has 0 aliphatic heterocycles. The van der Waals surface area contributed by atoms with Gasteiger partial charge in [0, 0.05) is 11.2 Å². The summed E-state index contributed by atoms with van der Waals surface area (Å²) in [6.45, 7) is 3.69. The summed E-state index contributed by atoms with van der Waals surface area (Å²) in [7, 11) is 0. The minimum Gasteiger partial charge on any atom is -0.477 e. The Bertz CT molecular complexity index is 656. The Hall–Kier alpha value is -2.07. The molecule has 0 saturated carbocycles. The summed E-state index contributed by atoms with van der Waals surface area (Å²) in [5.41, 5.74) is 1.61. The Morgan fingerprint density at radius 1 is 1.40 bits per heavy atom. The van der Waals surface area contributed by atoms with Gasteiger partial charge in [0.2, 0.25) is 5.88 Å². The highest BCUT2D eigenvalue weighted by molar-refractivity contribution is 6.31. The molecule has 0 aliphatic rings. The standard InChI is InChI=1S/C15H14ClNO3/c1-3-10-8-11(4-5-12(10)16)20-14-13(15(18)19)9(2)6-7-17-14/h4-8H,3H2,1-2H3,(H,18,19).